The van der Waals surface area contributed by atoms with Crippen molar-refractivity contribution < 1.29 is 14.3 Å². The van der Waals surface area contributed by atoms with Crippen LogP contribution in [0, 0.1) is 20.8 Å². The first-order valence-corrected chi connectivity index (χ1v) is 8.18. The molecular formula is C17H17N3O3S. The van der Waals surface area contributed by atoms with Crippen molar-refractivity contribution in [1.29, 1.82) is 0 Å². The maximum Gasteiger partial charge on any atom is 0.339 e. The number of H-pyrrole nitrogens is 1. The lowest BCUT2D eigenvalue weighted by Crippen LogP contribution is -2.14. The van der Waals surface area contributed by atoms with E-state index in [1.165, 1.54) is 18.4 Å². The van der Waals surface area contributed by atoms with Gasteiger partial charge < -0.3 is 9.72 Å². The van der Waals surface area contributed by atoms with Gasteiger partial charge in [0.05, 0.1) is 22.9 Å². The average Bonchev–Trinajstić information content (AvgIpc) is 3.06. The second kappa shape index (κ2) is 6.09. The summed E-state index contributed by atoms with van der Waals surface area (Å²) in [6.07, 6.45) is 0. The standard InChI is InChI=1S/C17H17N3O3S/c1-8-5-6-11-12(7-8)24-17(19-11)20-15(21)14-9(2)13(10(3)18-14)16(22)23-4/h5-7,18H,1-4H3,(H,19,20,21). The second-order valence-electron chi connectivity index (χ2n) is 5.56. The van der Waals surface area contributed by atoms with Gasteiger partial charge in [-0.15, -0.1) is 0 Å². The minimum absolute atomic E-state index is 0.332. The van der Waals surface area contributed by atoms with Crippen LogP contribution in [0.15, 0.2) is 18.2 Å². The summed E-state index contributed by atoms with van der Waals surface area (Å²) in [7, 11) is 1.32. The number of methoxy groups -OCH3 is 1. The molecule has 24 heavy (non-hydrogen) atoms. The predicted molar refractivity (Wildman–Crippen MR) is 93.9 cm³/mol. The van der Waals surface area contributed by atoms with Crippen LogP contribution in [-0.4, -0.2) is 29.0 Å². The summed E-state index contributed by atoms with van der Waals surface area (Å²) in [6.45, 7) is 5.46. The van der Waals surface area contributed by atoms with E-state index in [1.807, 2.05) is 25.1 Å². The highest BCUT2D eigenvalue weighted by atomic mass is 32.1. The summed E-state index contributed by atoms with van der Waals surface area (Å²) in [5.74, 6) is -0.794. The molecule has 3 aromatic rings. The SMILES string of the molecule is COC(=O)c1c(C)[nH]c(C(=O)Nc2nc3ccc(C)cc3s2)c1C. The van der Waals surface area contributed by atoms with E-state index in [2.05, 4.69) is 15.3 Å². The summed E-state index contributed by atoms with van der Waals surface area (Å²) in [5, 5.41) is 3.31. The van der Waals surface area contributed by atoms with Gasteiger partial charge in [0, 0.05) is 5.69 Å². The number of anilines is 1. The van der Waals surface area contributed by atoms with E-state index < -0.39 is 5.97 Å². The van der Waals surface area contributed by atoms with Crippen LogP contribution in [0.3, 0.4) is 0 Å². The molecule has 0 saturated carbocycles. The molecule has 0 fully saturated rings. The van der Waals surface area contributed by atoms with E-state index in [1.54, 1.807) is 13.8 Å². The zero-order valence-electron chi connectivity index (χ0n) is 13.8. The Morgan fingerprint density at radius 1 is 1.25 bits per heavy atom. The van der Waals surface area contributed by atoms with Gasteiger partial charge in [-0.25, -0.2) is 9.78 Å². The number of nitrogens with zero attached hydrogens (tertiary/aromatic N) is 1. The molecule has 3 rings (SSSR count). The number of ether oxygens (including phenoxy) is 1. The zero-order chi connectivity index (χ0) is 17.4. The Hall–Kier alpha value is -2.67. The van der Waals surface area contributed by atoms with Gasteiger partial charge in [0.2, 0.25) is 0 Å². The van der Waals surface area contributed by atoms with E-state index in [9.17, 15) is 9.59 Å². The van der Waals surface area contributed by atoms with Gasteiger partial charge >= 0.3 is 5.97 Å². The van der Waals surface area contributed by atoms with E-state index in [4.69, 9.17) is 4.74 Å². The molecule has 6 nitrogen and oxygen atoms in total. The Morgan fingerprint density at radius 2 is 2.00 bits per heavy atom. The van der Waals surface area contributed by atoms with Crippen LogP contribution in [0.5, 0.6) is 0 Å². The molecule has 2 N–H and O–H groups in total. The number of rotatable bonds is 3. The average molecular weight is 343 g/mol. The van der Waals surface area contributed by atoms with E-state index in [0.717, 1.165) is 15.8 Å². The first-order valence-electron chi connectivity index (χ1n) is 7.36. The topological polar surface area (TPSA) is 84.1 Å². The number of benzene rings is 1. The van der Waals surface area contributed by atoms with Crippen molar-refractivity contribution in [1.82, 2.24) is 9.97 Å². The molecule has 7 heteroatoms. The third kappa shape index (κ3) is 2.78. The lowest BCUT2D eigenvalue weighted by molar-refractivity contribution is 0.0599. The van der Waals surface area contributed by atoms with Crippen molar-refractivity contribution in [3.05, 3.63) is 46.3 Å². The maximum atomic E-state index is 12.5. The number of fused-ring (bicyclic) bond motifs is 1. The summed E-state index contributed by atoms with van der Waals surface area (Å²) in [6, 6.07) is 5.94. The quantitative estimate of drug-likeness (QED) is 0.712. The number of aromatic nitrogens is 2. The van der Waals surface area contributed by atoms with Gasteiger partial charge in [-0.2, -0.15) is 0 Å². The third-order valence-corrected chi connectivity index (χ3v) is 4.75. The fraction of sp³-hybridized carbons (Fsp3) is 0.235. The summed E-state index contributed by atoms with van der Waals surface area (Å²) in [4.78, 5) is 31.7. The van der Waals surface area contributed by atoms with Crippen molar-refractivity contribution in [2.45, 2.75) is 20.8 Å². The zero-order valence-corrected chi connectivity index (χ0v) is 14.6. The van der Waals surface area contributed by atoms with Crippen molar-refractivity contribution in [3.8, 4) is 0 Å². The molecular weight excluding hydrogens is 326 g/mol. The number of aromatic amines is 1. The van der Waals surface area contributed by atoms with Crippen LogP contribution in [0.2, 0.25) is 0 Å². The van der Waals surface area contributed by atoms with E-state index in [0.29, 0.717) is 27.6 Å². The second-order valence-corrected chi connectivity index (χ2v) is 6.59. The van der Waals surface area contributed by atoms with Crippen LogP contribution in [0.1, 0.15) is 37.7 Å². The van der Waals surface area contributed by atoms with Crippen LogP contribution < -0.4 is 5.32 Å². The minimum atomic E-state index is -0.462. The molecule has 0 aliphatic carbocycles. The Bertz CT molecular complexity index is 956. The predicted octanol–water partition coefficient (Wildman–Crippen LogP) is 3.59. The smallest absolute Gasteiger partial charge is 0.339 e. The molecule has 2 aromatic heterocycles. The van der Waals surface area contributed by atoms with Gasteiger partial charge in [0.25, 0.3) is 5.91 Å². The first-order chi connectivity index (χ1) is 11.4. The third-order valence-electron chi connectivity index (χ3n) is 3.82. The Morgan fingerprint density at radius 3 is 2.71 bits per heavy atom. The normalized spacial score (nSPS) is 10.8. The molecule has 0 aliphatic heterocycles. The van der Waals surface area contributed by atoms with Crippen molar-refractivity contribution in [3.63, 3.8) is 0 Å². The number of thiazole rings is 1. The molecule has 0 bridgehead atoms. The maximum absolute atomic E-state index is 12.5. The van der Waals surface area contributed by atoms with Crippen LogP contribution in [0.25, 0.3) is 10.2 Å². The Kier molecular flexibility index (Phi) is 4.11. The molecule has 0 saturated heterocycles. The molecule has 0 spiro atoms. The largest absolute Gasteiger partial charge is 0.465 e. The summed E-state index contributed by atoms with van der Waals surface area (Å²) in [5.41, 5.74) is 3.88. The number of carbonyl (C=O) groups excluding carboxylic acids is 2. The molecule has 124 valence electrons. The highest BCUT2D eigenvalue weighted by molar-refractivity contribution is 7.22. The number of hydrogen-bond donors (Lipinski definition) is 2. The first kappa shape index (κ1) is 16.2. The molecule has 0 radical (unpaired) electrons. The highest BCUT2D eigenvalue weighted by Gasteiger charge is 2.23. The van der Waals surface area contributed by atoms with Crippen LogP contribution in [0.4, 0.5) is 5.13 Å². The molecule has 1 aromatic carbocycles. The van der Waals surface area contributed by atoms with Gasteiger partial charge in [-0.1, -0.05) is 17.4 Å². The molecule has 0 aliphatic rings. The fourth-order valence-corrected chi connectivity index (χ4v) is 3.59. The number of esters is 1. The number of amides is 1. The lowest BCUT2D eigenvalue weighted by atomic mass is 10.1. The van der Waals surface area contributed by atoms with Crippen LogP contribution >= 0.6 is 11.3 Å². The van der Waals surface area contributed by atoms with Crippen molar-refractivity contribution >= 4 is 38.6 Å². The van der Waals surface area contributed by atoms with Gasteiger partial charge in [0.15, 0.2) is 5.13 Å². The van der Waals surface area contributed by atoms with Crippen molar-refractivity contribution in [2.24, 2.45) is 0 Å². The van der Waals surface area contributed by atoms with Gasteiger partial charge in [-0.3, -0.25) is 10.1 Å². The van der Waals surface area contributed by atoms with Gasteiger partial charge in [0.1, 0.15) is 5.69 Å². The fourth-order valence-electron chi connectivity index (χ4n) is 2.63. The Labute approximate surface area is 142 Å². The number of carbonyl (C=O) groups is 2. The molecule has 1 amide bonds. The summed E-state index contributed by atoms with van der Waals surface area (Å²) >= 11 is 1.41. The van der Waals surface area contributed by atoms with Crippen molar-refractivity contribution in [2.75, 3.05) is 12.4 Å². The molecule has 2 heterocycles. The molecule has 0 atom stereocenters. The Balaban J connectivity index is 1.90. The summed E-state index contributed by atoms with van der Waals surface area (Å²) < 4.78 is 5.77. The van der Waals surface area contributed by atoms with E-state index in [-0.39, 0.29) is 5.91 Å². The number of aryl methyl sites for hydroxylation is 2. The van der Waals surface area contributed by atoms with Gasteiger partial charge in [-0.05, 0) is 44.0 Å². The lowest BCUT2D eigenvalue weighted by Gasteiger charge is -2.01. The number of nitrogens with one attached hydrogen (secondary N) is 2. The number of hydrogen-bond acceptors (Lipinski definition) is 5. The monoisotopic (exact) mass is 343 g/mol. The molecule has 0 unspecified atom stereocenters. The van der Waals surface area contributed by atoms with E-state index >= 15 is 0 Å². The minimum Gasteiger partial charge on any atom is -0.465 e. The van der Waals surface area contributed by atoms with Crippen LogP contribution in [-0.2, 0) is 4.74 Å². The highest BCUT2D eigenvalue weighted by Crippen LogP contribution is 2.27.